The molecule has 2 bridgehead atoms. The number of anilines is 1. The monoisotopic (exact) mass is 470 g/mol. The number of nitrogens with zero attached hydrogens (tertiary/aromatic N) is 2. The van der Waals surface area contributed by atoms with Gasteiger partial charge in [0.25, 0.3) is 0 Å². The minimum atomic E-state index is -0.560. The van der Waals surface area contributed by atoms with Crippen LogP contribution in [-0.2, 0) is 14.3 Å². The van der Waals surface area contributed by atoms with E-state index < -0.39 is 11.2 Å². The van der Waals surface area contributed by atoms with Gasteiger partial charge < -0.3 is 15.4 Å². The Hall–Kier alpha value is -2.68. The number of fused-ring (bicyclic) bond motifs is 2. The molecular weight excluding hydrogens is 440 g/mol. The molecule has 1 saturated heterocycles. The Bertz CT molecular complexity index is 1030. The number of amidine groups is 1. The van der Waals surface area contributed by atoms with Crippen molar-refractivity contribution in [2.45, 2.75) is 58.6 Å². The van der Waals surface area contributed by atoms with Gasteiger partial charge in [0.1, 0.15) is 5.25 Å². The molecule has 2 N–H and O–H groups in total. The molecule has 3 aliphatic rings. The van der Waals surface area contributed by atoms with E-state index in [9.17, 15) is 14.4 Å². The number of ether oxygens (including phenoxy) is 1. The van der Waals surface area contributed by atoms with Gasteiger partial charge in [-0.15, -0.1) is 5.10 Å². The van der Waals surface area contributed by atoms with E-state index in [2.05, 4.69) is 41.6 Å². The molecule has 2 aliphatic carbocycles. The summed E-state index contributed by atoms with van der Waals surface area (Å²) in [5.41, 5.74) is 2.34. The Morgan fingerprint density at radius 1 is 1.21 bits per heavy atom. The van der Waals surface area contributed by atoms with E-state index in [1.54, 1.807) is 31.2 Å². The molecule has 1 aromatic rings. The minimum absolute atomic E-state index is 0.0124. The molecule has 1 aromatic carbocycles. The Kier molecular flexibility index (Phi) is 6.35. The number of amides is 2. The lowest BCUT2D eigenvalue weighted by molar-refractivity contribution is -0.122. The number of esters is 1. The van der Waals surface area contributed by atoms with Crippen LogP contribution in [0.4, 0.5) is 5.69 Å². The van der Waals surface area contributed by atoms with Crippen molar-refractivity contribution < 1.29 is 19.1 Å². The first kappa shape index (κ1) is 23.5. The predicted octanol–water partition coefficient (Wildman–Crippen LogP) is 3.98. The number of carbonyl (C=O) groups is 3. The second-order valence-electron chi connectivity index (χ2n) is 9.59. The molecule has 2 saturated carbocycles. The highest BCUT2D eigenvalue weighted by atomic mass is 32.2. The van der Waals surface area contributed by atoms with Gasteiger partial charge in [0, 0.05) is 23.2 Å². The maximum absolute atomic E-state index is 12.4. The molecule has 3 atom stereocenters. The van der Waals surface area contributed by atoms with E-state index in [1.807, 2.05) is 0 Å². The fourth-order valence-electron chi connectivity index (χ4n) is 5.06. The summed E-state index contributed by atoms with van der Waals surface area (Å²) < 4.78 is 4.95. The lowest BCUT2D eigenvalue weighted by Gasteiger charge is -2.34. The van der Waals surface area contributed by atoms with E-state index in [0.29, 0.717) is 28.9 Å². The fourth-order valence-corrected chi connectivity index (χ4v) is 5.97. The van der Waals surface area contributed by atoms with Crippen LogP contribution < -0.4 is 10.6 Å². The first-order chi connectivity index (χ1) is 15.6. The van der Waals surface area contributed by atoms with Crippen LogP contribution in [0.5, 0.6) is 0 Å². The van der Waals surface area contributed by atoms with Gasteiger partial charge in [0.05, 0.1) is 12.2 Å². The molecule has 2 amide bonds. The van der Waals surface area contributed by atoms with E-state index in [0.717, 1.165) is 18.6 Å². The molecule has 4 rings (SSSR count). The standard InChI is InChI=1S/C24H30N4O4S/c1-5-32-21(31)14-6-8-16(9-7-14)25-19(29)13-17-20(30)26-22(33-17)28-27-18-12-15-10-11-24(18,4)23(15,2)3/h6-9,15,17H,5,10-13H2,1-4H3,(H,25,29)(H,26,28,30)/b27-18+/t15-,17+,24+/m1/s1. The summed E-state index contributed by atoms with van der Waals surface area (Å²) in [6, 6.07) is 6.44. The topological polar surface area (TPSA) is 109 Å². The maximum Gasteiger partial charge on any atom is 0.338 e. The van der Waals surface area contributed by atoms with Crippen molar-refractivity contribution in [2.75, 3.05) is 11.9 Å². The van der Waals surface area contributed by atoms with Gasteiger partial charge in [-0.1, -0.05) is 32.5 Å². The first-order valence-corrected chi connectivity index (χ1v) is 12.2. The second-order valence-corrected chi connectivity index (χ2v) is 10.8. The van der Waals surface area contributed by atoms with Crippen molar-refractivity contribution >= 4 is 46.1 Å². The number of hydrogen-bond acceptors (Lipinski definition) is 7. The minimum Gasteiger partial charge on any atom is -0.462 e. The number of carbonyl (C=O) groups excluding carboxylic acids is 3. The molecule has 8 nitrogen and oxygen atoms in total. The van der Waals surface area contributed by atoms with Crippen LogP contribution in [0.2, 0.25) is 0 Å². The van der Waals surface area contributed by atoms with Crippen LogP contribution >= 0.6 is 11.8 Å². The van der Waals surface area contributed by atoms with Crippen LogP contribution in [0.25, 0.3) is 0 Å². The quantitative estimate of drug-likeness (QED) is 0.483. The summed E-state index contributed by atoms with van der Waals surface area (Å²) in [7, 11) is 0. The van der Waals surface area contributed by atoms with Gasteiger partial charge in [-0.25, -0.2) is 4.79 Å². The van der Waals surface area contributed by atoms with E-state index in [-0.39, 0.29) is 29.1 Å². The zero-order chi connectivity index (χ0) is 23.8. The largest absolute Gasteiger partial charge is 0.462 e. The zero-order valence-electron chi connectivity index (χ0n) is 19.4. The average Bonchev–Trinajstić information content (AvgIpc) is 3.29. The summed E-state index contributed by atoms with van der Waals surface area (Å²) in [5, 5.41) is 14.2. The van der Waals surface area contributed by atoms with Gasteiger partial charge in [-0.05, 0) is 61.8 Å². The lowest BCUT2D eigenvalue weighted by Crippen LogP contribution is -2.32. The molecule has 0 unspecified atom stereocenters. The van der Waals surface area contributed by atoms with Crippen molar-refractivity contribution in [1.29, 1.82) is 0 Å². The molecule has 1 heterocycles. The van der Waals surface area contributed by atoms with Gasteiger partial charge in [0.15, 0.2) is 5.17 Å². The molecule has 0 spiro atoms. The Morgan fingerprint density at radius 2 is 1.94 bits per heavy atom. The van der Waals surface area contributed by atoms with Crippen LogP contribution in [0, 0.1) is 16.7 Å². The van der Waals surface area contributed by atoms with Gasteiger partial charge in [-0.3, -0.25) is 9.59 Å². The predicted molar refractivity (Wildman–Crippen MR) is 129 cm³/mol. The van der Waals surface area contributed by atoms with Crippen LogP contribution in [0.15, 0.2) is 34.5 Å². The summed E-state index contributed by atoms with van der Waals surface area (Å²) in [6.07, 6.45) is 3.32. The van der Waals surface area contributed by atoms with Crippen LogP contribution in [0.3, 0.4) is 0 Å². The number of thioether (sulfide) groups is 1. The Morgan fingerprint density at radius 3 is 2.55 bits per heavy atom. The van der Waals surface area contributed by atoms with E-state index in [4.69, 9.17) is 4.74 Å². The summed E-state index contributed by atoms with van der Waals surface area (Å²) in [4.78, 5) is 36.5. The second kappa shape index (κ2) is 8.93. The maximum atomic E-state index is 12.4. The lowest BCUT2D eigenvalue weighted by atomic mass is 9.70. The third-order valence-electron chi connectivity index (χ3n) is 7.60. The van der Waals surface area contributed by atoms with E-state index >= 15 is 0 Å². The number of benzene rings is 1. The van der Waals surface area contributed by atoms with Crippen molar-refractivity contribution in [3.8, 4) is 0 Å². The highest BCUT2D eigenvalue weighted by Gasteiger charge is 2.60. The molecule has 1 aliphatic heterocycles. The normalized spacial score (nSPS) is 30.0. The average molecular weight is 471 g/mol. The van der Waals surface area contributed by atoms with Crippen molar-refractivity contribution in [1.82, 2.24) is 5.32 Å². The summed E-state index contributed by atoms with van der Waals surface area (Å²) in [6.45, 7) is 8.93. The third kappa shape index (κ3) is 4.43. The Balaban J connectivity index is 1.33. The summed E-state index contributed by atoms with van der Waals surface area (Å²) in [5.74, 6) is -0.310. The molecule has 33 heavy (non-hydrogen) atoms. The zero-order valence-corrected chi connectivity index (χ0v) is 20.3. The third-order valence-corrected chi connectivity index (χ3v) is 8.67. The fraction of sp³-hybridized carbons (Fsp3) is 0.542. The molecule has 176 valence electrons. The van der Waals surface area contributed by atoms with Gasteiger partial charge in [0.2, 0.25) is 11.8 Å². The van der Waals surface area contributed by atoms with Gasteiger partial charge >= 0.3 is 5.97 Å². The SMILES string of the molecule is CCOC(=O)c1ccc(NC(=O)C[C@@H]2S/C(=N\N=C3/C[C@H]4CC[C@]3(C)C4(C)C)NC2=O)cc1. The molecular formula is C24H30N4O4S. The highest BCUT2D eigenvalue weighted by molar-refractivity contribution is 8.15. The first-order valence-electron chi connectivity index (χ1n) is 11.3. The van der Waals surface area contributed by atoms with Gasteiger partial charge in [-0.2, -0.15) is 5.10 Å². The molecule has 3 fully saturated rings. The number of rotatable bonds is 6. The number of hydrogen-bond donors (Lipinski definition) is 2. The smallest absolute Gasteiger partial charge is 0.338 e. The number of nitrogens with one attached hydrogen (secondary N) is 2. The van der Waals surface area contributed by atoms with Crippen molar-refractivity contribution in [3.05, 3.63) is 29.8 Å². The molecule has 9 heteroatoms. The summed E-state index contributed by atoms with van der Waals surface area (Å²) >= 11 is 1.23. The molecule has 0 aromatic heterocycles. The van der Waals surface area contributed by atoms with Crippen LogP contribution in [0.1, 0.15) is 63.7 Å². The highest BCUT2D eigenvalue weighted by Crippen LogP contribution is 2.64. The van der Waals surface area contributed by atoms with Crippen molar-refractivity contribution in [3.63, 3.8) is 0 Å². The van der Waals surface area contributed by atoms with Crippen molar-refractivity contribution in [2.24, 2.45) is 27.0 Å². The van der Waals surface area contributed by atoms with Crippen LogP contribution in [-0.4, -0.2) is 40.5 Å². The van der Waals surface area contributed by atoms with E-state index in [1.165, 1.54) is 18.2 Å². The Labute approximate surface area is 198 Å². The molecule has 0 radical (unpaired) electrons.